The average molecular weight is 251 g/mol. The van der Waals surface area contributed by atoms with Crippen LogP contribution in [0.2, 0.25) is 0 Å². The van der Waals surface area contributed by atoms with E-state index in [0.717, 1.165) is 24.5 Å². The zero-order valence-electron chi connectivity index (χ0n) is 9.85. The Morgan fingerprint density at radius 1 is 1.59 bits per heavy atom. The summed E-state index contributed by atoms with van der Waals surface area (Å²) in [5.41, 5.74) is 7.08. The van der Waals surface area contributed by atoms with Gasteiger partial charge >= 0.3 is 6.03 Å². The fourth-order valence-electron chi connectivity index (χ4n) is 1.82. The van der Waals surface area contributed by atoms with Crippen LogP contribution in [0.3, 0.4) is 0 Å². The molecule has 0 spiro atoms. The monoisotopic (exact) mass is 251 g/mol. The van der Waals surface area contributed by atoms with Crippen LogP contribution < -0.4 is 11.1 Å². The smallest absolute Gasteiger partial charge is 0.321 e. The molecule has 1 aromatic carbocycles. The van der Waals surface area contributed by atoms with Gasteiger partial charge in [0.05, 0.1) is 0 Å². The van der Waals surface area contributed by atoms with Gasteiger partial charge in [0, 0.05) is 35.5 Å². The molecule has 1 heterocycles. The van der Waals surface area contributed by atoms with Crippen LogP contribution in [0, 0.1) is 0 Å². The van der Waals surface area contributed by atoms with Crippen LogP contribution in [-0.4, -0.2) is 35.0 Å². The lowest BCUT2D eigenvalue weighted by atomic mass is 10.3. The van der Waals surface area contributed by atoms with Gasteiger partial charge in [-0.2, -0.15) is 11.8 Å². The van der Waals surface area contributed by atoms with Crippen molar-refractivity contribution in [2.45, 2.75) is 12.2 Å². The summed E-state index contributed by atoms with van der Waals surface area (Å²) in [5, 5.41) is 3.38. The van der Waals surface area contributed by atoms with E-state index in [4.69, 9.17) is 5.73 Å². The number of carbonyl (C=O) groups excluding carboxylic acids is 1. The van der Waals surface area contributed by atoms with Crippen LogP contribution in [0.4, 0.5) is 16.2 Å². The molecule has 3 N–H and O–H groups in total. The predicted octanol–water partition coefficient (Wildman–Crippen LogP) is 2.24. The van der Waals surface area contributed by atoms with Gasteiger partial charge in [0.1, 0.15) is 0 Å². The van der Waals surface area contributed by atoms with E-state index >= 15 is 0 Å². The van der Waals surface area contributed by atoms with E-state index < -0.39 is 0 Å². The van der Waals surface area contributed by atoms with Crippen molar-refractivity contribution in [1.29, 1.82) is 0 Å². The second-order valence-electron chi connectivity index (χ2n) is 4.18. The molecule has 1 aliphatic heterocycles. The molecular weight excluding hydrogens is 234 g/mol. The van der Waals surface area contributed by atoms with Crippen LogP contribution in [-0.2, 0) is 0 Å². The van der Waals surface area contributed by atoms with Gasteiger partial charge in [-0.15, -0.1) is 0 Å². The molecule has 92 valence electrons. The first-order chi connectivity index (χ1) is 8.15. The topological polar surface area (TPSA) is 58.4 Å². The molecule has 17 heavy (non-hydrogen) atoms. The first kappa shape index (κ1) is 12.1. The summed E-state index contributed by atoms with van der Waals surface area (Å²) in [7, 11) is 0. The van der Waals surface area contributed by atoms with Crippen LogP contribution in [0.15, 0.2) is 24.3 Å². The van der Waals surface area contributed by atoms with Crippen LogP contribution in [0.1, 0.15) is 6.92 Å². The number of urea groups is 1. The van der Waals surface area contributed by atoms with Gasteiger partial charge in [-0.1, -0.05) is 13.0 Å². The molecule has 1 aliphatic rings. The van der Waals surface area contributed by atoms with Crippen molar-refractivity contribution < 1.29 is 4.79 Å². The predicted molar refractivity (Wildman–Crippen MR) is 73.4 cm³/mol. The standard InChI is InChI=1S/C12H17N3OS/c1-9-8-15(5-6-17-9)12(16)14-11-4-2-3-10(13)7-11/h2-4,7,9H,5-6,8,13H2,1H3,(H,14,16). The van der Waals surface area contributed by atoms with Crippen molar-refractivity contribution >= 4 is 29.2 Å². The highest BCUT2D eigenvalue weighted by molar-refractivity contribution is 7.99. The summed E-state index contributed by atoms with van der Waals surface area (Å²) in [5.74, 6) is 1.01. The first-order valence-electron chi connectivity index (χ1n) is 5.68. The fourth-order valence-corrected chi connectivity index (χ4v) is 2.84. The molecule has 1 atom stereocenters. The molecule has 0 aliphatic carbocycles. The lowest BCUT2D eigenvalue weighted by Gasteiger charge is -2.30. The molecule has 0 saturated carbocycles. The van der Waals surface area contributed by atoms with Gasteiger partial charge in [-0.25, -0.2) is 4.79 Å². The summed E-state index contributed by atoms with van der Waals surface area (Å²) in [6.45, 7) is 3.76. The van der Waals surface area contributed by atoms with E-state index in [1.54, 1.807) is 12.1 Å². The number of nitrogens with two attached hydrogens (primary N) is 1. The molecule has 1 unspecified atom stereocenters. The Kier molecular flexibility index (Phi) is 3.78. The molecule has 0 bridgehead atoms. The number of carbonyl (C=O) groups is 1. The molecular formula is C12H17N3OS. The number of amides is 2. The highest BCUT2D eigenvalue weighted by atomic mass is 32.2. The quantitative estimate of drug-likeness (QED) is 0.753. The Morgan fingerprint density at radius 2 is 2.41 bits per heavy atom. The highest BCUT2D eigenvalue weighted by Gasteiger charge is 2.21. The highest BCUT2D eigenvalue weighted by Crippen LogP contribution is 2.19. The number of nitrogens with one attached hydrogen (secondary N) is 1. The van der Waals surface area contributed by atoms with E-state index in [1.807, 2.05) is 28.8 Å². The summed E-state index contributed by atoms with van der Waals surface area (Å²) in [6, 6.07) is 7.20. The largest absolute Gasteiger partial charge is 0.399 e. The number of rotatable bonds is 1. The minimum absolute atomic E-state index is 0.0391. The minimum atomic E-state index is -0.0391. The normalized spacial score (nSPS) is 20.1. The summed E-state index contributed by atoms with van der Waals surface area (Å²) in [4.78, 5) is 13.8. The number of nitrogens with zero attached hydrogens (tertiary/aromatic N) is 1. The van der Waals surface area contributed by atoms with Crippen molar-refractivity contribution in [1.82, 2.24) is 4.90 Å². The van der Waals surface area contributed by atoms with Gasteiger partial charge in [0.2, 0.25) is 0 Å². The molecule has 0 radical (unpaired) electrons. The SMILES string of the molecule is CC1CN(C(=O)Nc2cccc(N)c2)CCS1. The van der Waals surface area contributed by atoms with Crippen molar-refractivity contribution in [3.05, 3.63) is 24.3 Å². The molecule has 1 saturated heterocycles. The van der Waals surface area contributed by atoms with E-state index in [-0.39, 0.29) is 6.03 Å². The van der Waals surface area contributed by atoms with Gasteiger partial charge in [-0.3, -0.25) is 0 Å². The zero-order chi connectivity index (χ0) is 12.3. The lowest BCUT2D eigenvalue weighted by Crippen LogP contribution is -2.43. The van der Waals surface area contributed by atoms with E-state index in [9.17, 15) is 4.79 Å². The Bertz CT molecular complexity index is 410. The molecule has 1 fully saturated rings. The van der Waals surface area contributed by atoms with E-state index in [2.05, 4.69) is 12.2 Å². The van der Waals surface area contributed by atoms with Crippen molar-refractivity contribution in [3.8, 4) is 0 Å². The van der Waals surface area contributed by atoms with Gasteiger partial charge in [-0.05, 0) is 18.2 Å². The summed E-state index contributed by atoms with van der Waals surface area (Å²) < 4.78 is 0. The Hall–Kier alpha value is -1.36. The summed E-state index contributed by atoms with van der Waals surface area (Å²) >= 11 is 1.91. The number of nitrogen functional groups attached to an aromatic ring is 1. The van der Waals surface area contributed by atoms with Crippen molar-refractivity contribution in [3.63, 3.8) is 0 Å². The second-order valence-corrected chi connectivity index (χ2v) is 5.73. The van der Waals surface area contributed by atoms with Crippen molar-refractivity contribution in [2.24, 2.45) is 0 Å². The maximum Gasteiger partial charge on any atom is 0.321 e. The molecule has 2 rings (SSSR count). The van der Waals surface area contributed by atoms with E-state index in [1.165, 1.54) is 0 Å². The van der Waals surface area contributed by atoms with Crippen molar-refractivity contribution in [2.75, 3.05) is 29.9 Å². The maximum absolute atomic E-state index is 12.0. The van der Waals surface area contributed by atoms with Gasteiger partial charge in [0.25, 0.3) is 0 Å². The molecule has 0 aromatic heterocycles. The van der Waals surface area contributed by atoms with Crippen LogP contribution >= 0.6 is 11.8 Å². The Labute approximate surface area is 106 Å². The third-order valence-corrected chi connectivity index (χ3v) is 3.80. The average Bonchev–Trinajstić information content (AvgIpc) is 2.29. The lowest BCUT2D eigenvalue weighted by molar-refractivity contribution is 0.214. The van der Waals surface area contributed by atoms with Crippen LogP contribution in [0.25, 0.3) is 0 Å². The fraction of sp³-hybridized carbons (Fsp3) is 0.417. The maximum atomic E-state index is 12.0. The number of hydrogen-bond acceptors (Lipinski definition) is 3. The molecule has 1 aromatic rings. The minimum Gasteiger partial charge on any atom is -0.399 e. The van der Waals surface area contributed by atoms with Gasteiger partial charge in [0.15, 0.2) is 0 Å². The third kappa shape index (κ3) is 3.30. The van der Waals surface area contributed by atoms with Gasteiger partial charge < -0.3 is 16.0 Å². The number of hydrogen-bond donors (Lipinski definition) is 2. The van der Waals surface area contributed by atoms with E-state index in [0.29, 0.717) is 10.9 Å². The number of benzene rings is 1. The van der Waals surface area contributed by atoms with Crippen LogP contribution in [0.5, 0.6) is 0 Å². The second kappa shape index (κ2) is 5.31. The molecule has 5 heteroatoms. The molecule has 2 amide bonds. The molecule has 4 nitrogen and oxygen atoms in total. The number of anilines is 2. The first-order valence-corrected chi connectivity index (χ1v) is 6.73. The zero-order valence-corrected chi connectivity index (χ0v) is 10.7. The third-order valence-electron chi connectivity index (χ3n) is 2.67. The Balaban J connectivity index is 1.96. The summed E-state index contributed by atoms with van der Waals surface area (Å²) in [6.07, 6.45) is 0. The number of thioether (sulfide) groups is 1. The Morgan fingerprint density at radius 3 is 3.12 bits per heavy atom.